The second-order valence-corrected chi connectivity index (χ2v) is 3.57. The quantitative estimate of drug-likeness (QED) is 0.476. The molecule has 3 nitrogen and oxygen atoms in total. The molecule has 0 spiro atoms. The Morgan fingerprint density at radius 3 is 2.33 bits per heavy atom. The fourth-order valence-electron chi connectivity index (χ4n) is 1.03. The normalized spacial score (nSPS) is 11.7. The third-order valence-corrected chi connectivity index (χ3v) is 2.10. The van der Waals surface area contributed by atoms with Gasteiger partial charge < -0.3 is 0 Å². The van der Waals surface area contributed by atoms with Gasteiger partial charge in [-0.2, -0.15) is 0 Å². The minimum atomic E-state index is -2.38. The van der Waals surface area contributed by atoms with Crippen LogP contribution in [0.3, 0.4) is 0 Å². The molecule has 0 aliphatic heterocycles. The Hall–Kier alpha value is 0.0200. The lowest BCUT2D eigenvalue weighted by Gasteiger charge is -1.96. The van der Waals surface area contributed by atoms with Gasteiger partial charge in [-0.3, -0.25) is 0 Å². The molecule has 0 fully saturated rings. The summed E-state index contributed by atoms with van der Waals surface area (Å²) in [6.45, 7) is 2.59. The Balaban J connectivity index is 2.86. The molecule has 0 aliphatic rings. The fourth-order valence-corrected chi connectivity index (χ4v) is 1.31. The van der Waals surface area contributed by atoms with Gasteiger partial charge in [-0.05, 0) is 6.42 Å². The van der Waals surface area contributed by atoms with E-state index in [1.165, 1.54) is 25.7 Å². The molecule has 0 radical (unpaired) electrons. The molecule has 12 heavy (non-hydrogen) atoms. The van der Waals surface area contributed by atoms with Crippen LogP contribution in [0.4, 0.5) is 0 Å². The molecule has 0 saturated carbocycles. The second-order valence-electron chi connectivity index (χ2n) is 2.84. The highest BCUT2D eigenvalue weighted by molar-refractivity contribution is 7.32. The van der Waals surface area contributed by atoms with E-state index < -0.39 is 8.25 Å². The molecule has 0 aliphatic carbocycles. The summed E-state index contributed by atoms with van der Waals surface area (Å²) in [4.78, 5) is 8.28. The molecule has 1 atom stereocenters. The van der Waals surface area contributed by atoms with Crippen LogP contribution in [0, 0.1) is 0 Å². The zero-order chi connectivity index (χ0) is 9.23. The van der Waals surface area contributed by atoms with Crippen LogP contribution in [0.15, 0.2) is 0 Å². The summed E-state index contributed by atoms with van der Waals surface area (Å²) in [5.41, 5.74) is 0. The van der Waals surface area contributed by atoms with Crippen molar-refractivity contribution in [3.05, 3.63) is 0 Å². The molecule has 0 amide bonds. The predicted octanol–water partition coefficient (Wildman–Crippen LogP) is 3.01. The molecule has 1 unspecified atom stereocenters. The van der Waals surface area contributed by atoms with Gasteiger partial charge in [-0.25, -0.2) is 0 Å². The summed E-state index contributed by atoms with van der Waals surface area (Å²) in [5.74, 6) is 0. The molecule has 0 rings (SSSR count). The highest BCUT2D eigenvalue weighted by Crippen LogP contribution is 2.15. The summed E-state index contributed by atoms with van der Waals surface area (Å²) in [5, 5.41) is 0. The van der Waals surface area contributed by atoms with Crippen molar-refractivity contribution in [2.75, 3.05) is 6.61 Å². The Morgan fingerprint density at radius 2 is 1.75 bits per heavy atom. The first-order valence-electron chi connectivity index (χ1n) is 4.56. The average molecular weight is 193 g/mol. The zero-order valence-corrected chi connectivity index (χ0v) is 8.56. The van der Waals surface area contributed by atoms with E-state index in [4.69, 9.17) is 4.89 Å². The Morgan fingerprint density at radius 1 is 1.17 bits per heavy atom. The molecule has 0 aromatic rings. The minimum absolute atomic E-state index is 0.415. The number of hydrogen-bond donors (Lipinski definition) is 1. The van der Waals surface area contributed by atoms with Crippen molar-refractivity contribution in [3.63, 3.8) is 0 Å². The van der Waals surface area contributed by atoms with Gasteiger partial charge in [-0.1, -0.05) is 39.0 Å². The standard InChI is InChI=1S/C8H17O3P/c1-2-3-4-5-6-7-8-11-12(9)10/h2-8H2,1H3/p+1. The maximum absolute atomic E-state index is 10.1. The molecule has 4 heteroatoms. The molecular formula is C8H18O3P+. The molecule has 0 saturated heterocycles. The van der Waals surface area contributed by atoms with Crippen molar-refractivity contribution >= 4 is 8.25 Å². The van der Waals surface area contributed by atoms with E-state index in [2.05, 4.69) is 11.4 Å². The van der Waals surface area contributed by atoms with Gasteiger partial charge in [0.15, 0.2) is 0 Å². The fraction of sp³-hybridized carbons (Fsp3) is 1.00. The first-order valence-corrected chi connectivity index (χ1v) is 5.69. The van der Waals surface area contributed by atoms with Crippen molar-refractivity contribution in [1.82, 2.24) is 0 Å². The van der Waals surface area contributed by atoms with Gasteiger partial charge in [0.25, 0.3) is 0 Å². The van der Waals surface area contributed by atoms with Gasteiger partial charge in [0.2, 0.25) is 0 Å². The van der Waals surface area contributed by atoms with E-state index in [1.807, 2.05) is 0 Å². The largest absolute Gasteiger partial charge is 0.694 e. The first-order chi connectivity index (χ1) is 5.77. The molecule has 0 bridgehead atoms. The van der Waals surface area contributed by atoms with E-state index in [1.54, 1.807) is 0 Å². The van der Waals surface area contributed by atoms with Crippen molar-refractivity contribution in [1.29, 1.82) is 0 Å². The van der Waals surface area contributed by atoms with Crippen LogP contribution in [-0.2, 0) is 9.09 Å². The minimum Gasteiger partial charge on any atom is -0.133 e. The van der Waals surface area contributed by atoms with Crippen LogP contribution in [0.5, 0.6) is 0 Å². The lowest BCUT2D eigenvalue weighted by Crippen LogP contribution is -1.86. The molecule has 0 aromatic carbocycles. The van der Waals surface area contributed by atoms with Gasteiger partial charge in [0.05, 0.1) is 0 Å². The molecular weight excluding hydrogens is 175 g/mol. The maximum atomic E-state index is 10.1. The third kappa shape index (κ3) is 10.0. The summed E-state index contributed by atoms with van der Waals surface area (Å²) in [6, 6.07) is 0. The van der Waals surface area contributed by atoms with Crippen LogP contribution < -0.4 is 0 Å². The van der Waals surface area contributed by atoms with Gasteiger partial charge >= 0.3 is 8.25 Å². The van der Waals surface area contributed by atoms with Crippen LogP contribution in [-0.4, -0.2) is 11.5 Å². The highest BCUT2D eigenvalue weighted by Gasteiger charge is 2.09. The Kier molecular flexibility index (Phi) is 9.13. The SMILES string of the molecule is CCCCCCCCO[P+](=O)O. The van der Waals surface area contributed by atoms with Crippen LogP contribution >= 0.6 is 8.25 Å². The van der Waals surface area contributed by atoms with E-state index in [0.29, 0.717) is 6.61 Å². The summed E-state index contributed by atoms with van der Waals surface area (Å²) in [6.07, 6.45) is 7.00. The van der Waals surface area contributed by atoms with Crippen LogP contribution in [0.25, 0.3) is 0 Å². The van der Waals surface area contributed by atoms with E-state index in [-0.39, 0.29) is 0 Å². The Bertz CT molecular complexity index is 117. The van der Waals surface area contributed by atoms with Crippen molar-refractivity contribution in [3.8, 4) is 0 Å². The predicted molar refractivity (Wildman–Crippen MR) is 49.2 cm³/mol. The highest BCUT2D eigenvalue weighted by atomic mass is 31.1. The second kappa shape index (κ2) is 9.11. The average Bonchev–Trinajstić information content (AvgIpc) is 2.02. The lowest BCUT2D eigenvalue weighted by molar-refractivity contribution is 0.273. The Labute approximate surface area is 75.1 Å². The van der Waals surface area contributed by atoms with Gasteiger partial charge in [0, 0.05) is 4.57 Å². The topological polar surface area (TPSA) is 46.5 Å². The first kappa shape index (κ1) is 12.0. The molecule has 0 heterocycles. The van der Waals surface area contributed by atoms with Crippen molar-refractivity contribution in [2.24, 2.45) is 0 Å². The molecule has 0 aromatic heterocycles. The van der Waals surface area contributed by atoms with Crippen LogP contribution in [0.1, 0.15) is 45.4 Å². The van der Waals surface area contributed by atoms with Crippen molar-refractivity contribution in [2.45, 2.75) is 45.4 Å². The monoisotopic (exact) mass is 193 g/mol. The summed E-state index contributed by atoms with van der Waals surface area (Å²) >= 11 is 0. The summed E-state index contributed by atoms with van der Waals surface area (Å²) in [7, 11) is -2.38. The maximum Gasteiger partial charge on any atom is 0.694 e. The van der Waals surface area contributed by atoms with Crippen molar-refractivity contribution < 1.29 is 14.0 Å². The van der Waals surface area contributed by atoms with Gasteiger partial charge in [0.1, 0.15) is 6.61 Å². The third-order valence-electron chi connectivity index (χ3n) is 1.70. The number of unbranched alkanes of at least 4 members (excludes halogenated alkanes) is 5. The molecule has 72 valence electrons. The van der Waals surface area contributed by atoms with E-state index in [9.17, 15) is 4.57 Å². The lowest BCUT2D eigenvalue weighted by atomic mass is 10.1. The summed E-state index contributed by atoms with van der Waals surface area (Å²) < 4.78 is 14.6. The van der Waals surface area contributed by atoms with Gasteiger partial charge in [-0.15, -0.1) is 9.42 Å². The zero-order valence-electron chi connectivity index (χ0n) is 7.66. The van der Waals surface area contributed by atoms with E-state index >= 15 is 0 Å². The van der Waals surface area contributed by atoms with Crippen LogP contribution in [0.2, 0.25) is 0 Å². The smallest absolute Gasteiger partial charge is 0.133 e. The molecule has 1 N–H and O–H groups in total. The van der Waals surface area contributed by atoms with E-state index in [0.717, 1.165) is 12.8 Å². The number of hydrogen-bond acceptors (Lipinski definition) is 2. The number of rotatable bonds is 8.